The van der Waals surface area contributed by atoms with Gasteiger partial charge in [0.2, 0.25) is 0 Å². The number of aliphatic hydroxyl groups excluding tert-OH is 1. The maximum atomic E-state index is 13.5. The number of rotatable bonds is 9. The van der Waals surface area contributed by atoms with E-state index in [1.54, 1.807) is 54.6 Å². The number of hydrogen-bond acceptors (Lipinski definition) is 3. The molecule has 3 N–H and O–H groups in total. The number of carbonyl (C=O) groups is 2. The van der Waals surface area contributed by atoms with Crippen molar-refractivity contribution in [1.82, 2.24) is 10.6 Å². The van der Waals surface area contributed by atoms with E-state index in [1.807, 2.05) is 13.0 Å². The molecule has 5 nitrogen and oxygen atoms in total. The van der Waals surface area contributed by atoms with Crippen LogP contribution in [0.5, 0.6) is 0 Å². The lowest BCUT2D eigenvalue weighted by atomic mass is 9.91. The Morgan fingerprint density at radius 1 is 0.875 bits per heavy atom. The molecular weight excluding hydrogens is 537 g/mol. The van der Waals surface area contributed by atoms with Crippen molar-refractivity contribution in [3.05, 3.63) is 107 Å². The largest absolute Gasteiger partial charge is 0.499 e. The molecule has 0 aliphatic rings. The Labute approximate surface area is 235 Å². The van der Waals surface area contributed by atoms with Crippen molar-refractivity contribution in [2.75, 3.05) is 13.1 Å². The standard InChI is InChI=1S/C31H27F3N2O3S/c1-2-13-35-30(39)36-14-12-22-16-23(28(37)19-6-4-3-5-7-19)15-20-8-9-21(17-26(20)22)27-18-24(31(32,33)34)10-11-25(27)29(38)40/h3-11,15-18H,2,12-14H2,1H3,(H,38,40)(H2,35,36,39). The second kappa shape index (κ2) is 12.3. The number of thiocarbonyl (C=S) groups is 1. The summed E-state index contributed by atoms with van der Waals surface area (Å²) in [4.78, 5) is 25.3. The highest BCUT2D eigenvalue weighted by Gasteiger charge is 2.31. The van der Waals surface area contributed by atoms with Crippen molar-refractivity contribution < 1.29 is 27.9 Å². The first-order valence-corrected chi connectivity index (χ1v) is 13.1. The summed E-state index contributed by atoms with van der Waals surface area (Å²) in [5.41, 5.74) is 1.50. The summed E-state index contributed by atoms with van der Waals surface area (Å²) in [7, 11) is 0. The molecule has 0 atom stereocenters. The number of nitrogens with one attached hydrogen (secondary N) is 2. The van der Waals surface area contributed by atoms with Gasteiger partial charge in [-0.05, 0) is 88.9 Å². The van der Waals surface area contributed by atoms with E-state index in [-0.39, 0.29) is 29.5 Å². The number of hydrogen-bond donors (Lipinski definition) is 3. The van der Waals surface area contributed by atoms with Crippen molar-refractivity contribution >= 4 is 39.9 Å². The maximum absolute atomic E-state index is 13.5. The molecule has 0 saturated carbocycles. The second-order valence-electron chi connectivity index (χ2n) is 9.26. The Hall–Kier alpha value is -4.24. The summed E-state index contributed by atoms with van der Waals surface area (Å²) < 4.78 is 40.5. The molecule has 4 rings (SSSR count). The van der Waals surface area contributed by atoms with Crippen LogP contribution < -0.4 is 10.6 Å². The molecule has 0 aliphatic heterocycles. The molecule has 0 unspecified atom stereocenters. The van der Waals surface area contributed by atoms with Crippen molar-refractivity contribution in [3.8, 4) is 11.1 Å². The first-order chi connectivity index (χ1) is 19.1. The van der Waals surface area contributed by atoms with E-state index in [0.29, 0.717) is 40.4 Å². The van der Waals surface area contributed by atoms with Crippen molar-refractivity contribution in [3.63, 3.8) is 0 Å². The summed E-state index contributed by atoms with van der Waals surface area (Å²) in [6.45, 7) is 2.75. The summed E-state index contributed by atoms with van der Waals surface area (Å²) in [5, 5.41) is 16.5. The molecule has 0 radical (unpaired) electrons. The zero-order valence-electron chi connectivity index (χ0n) is 21.6. The van der Waals surface area contributed by atoms with E-state index in [2.05, 4.69) is 10.6 Å². The average Bonchev–Trinajstić information content (AvgIpc) is 2.94. The minimum atomic E-state index is -4.58. The number of carbonyl (C=O) groups excluding carboxylic acids is 2. The van der Waals surface area contributed by atoms with Gasteiger partial charge in [-0.3, -0.25) is 4.79 Å². The Bertz CT molecular complexity index is 1570. The zero-order chi connectivity index (χ0) is 28.9. The third-order valence-electron chi connectivity index (χ3n) is 6.44. The summed E-state index contributed by atoms with van der Waals surface area (Å²) in [6.07, 6.45) is -3.42. The summed E-state index contributed by atoms with van der Waals surface area (Å²) in [6, 6.07) is 20.1. The number of aliphatic hydroxyl groups is 1. The predicted molar refractivity (Wildman–Crippen MR) is 154 cm³/mol. The van der Waals surface area contributed by atoms with Gasteiger partial charge < -0.3 is 15.7 Å². The number of halogens is 3. The number of amides is 2. The molecule has 4 aromatic rings. The van der Waals surface area contributed by atoms with Gasteiger partial charge in [0, 0.05) is 29.8 Å². The van der Waals surface area contributed by atoms with Crippen LogP contribution in [-0.4, -0.2) is 35.1 Å². The molecule has 9 heteroatoms. The quantitative estimate of drug-likeness (QED) is 0.148. The zero-order valence-corrected chi connectivity index (χ0v) is 22.5. The minimum absolute atomic E-state index is 0.106. The SMILES string of the molecule is CCCNC(=O)NCCc1cc(C(=O)c2ccccc2)cc2ccc(-c3cc(C(F)(F)F)ccc3C(O)=S)cc12. The number of alkyl halides is 3. The van der Waals surface area contributed by atoms with Crippen molar-refractivity contribution in [1.29, 1.82) is 0 Å². The van der Waals surface area contributed by atoms with E-state index in [0.717, 1.165) is 30.2 Å². The molecule has 2 amide bonds. The van der Waals surface area contributed by atoms with Crippen LogP contribution in [0.15, 0.2) is 78.9 Å². The molecule has 4 aromatic carbocycles. The lowest BCUT2D eigenvalue weighted by molar-refractivity contribution is -0.137. The van der Waals surface area contributed by atoms with E-state index in [9.17, 15) is 27.9 Å². The molecule has 0 saturated heterocycles. The molecule has 206 valence electrons. The first kappa shape index (κ1) is 28.8. The topological polar surface area (TPSA) is 78.4 Å². The molecule has 0 heterocycles. The highest BCUT2D eigenvalue weighted by molar-refractivity contribution is 7.80. The molecule has 0 aliphatic carbocycles. The normalized spacial score (nSPS) is 11.3. The average molecular weight is 565 g/mol. The fourth-order valence-corrected chi connectivity index (χ4v) is 4.63. The van der Waals surface area contributed by atoms with E-state index < -0.39 is 16.8 Å². The monoisotopic (exact) mass is 564 g/mol. The van der Waals surface area contributed by atoms with Crippen LogP contribution in [0.25, 0.3) is 21.9 Å². The van der Waals surface area contributed by atoms with Crippen LogP contribution in [0, 0.1) is 0 Å². The van der Waals surface area contributed by atoms with Crippen LogP contribution in [0.1, 0.15) is 46.0 Å². The number of fused-ring (bicyclic) bond motifs is 1. The third-order valence-corrected chi connectivity index (χ3v) is 6.66. The Kier molecular flexibility index (Phi) is 8.84. The molecule has 40 heavy (non-hydrogen) atoms. The fourth-order valence-electron chi connectivity index (χ4n) is 4.45. The van der Waals surface area contributed by atoms with E-state index in [1.165, 1.54) is 0 Å². The van der Waals surface area contributed by atoms with Crippen LogP contribution in [-0.2, 0) is 12.6 Å². The Balaban J connectivity index is 1.81. The van der Waals surface area contributed by atoms with Crippen LogP contribution >= 0.6 is 12.2 Å². The lowest BCUT2D eigenvalue weighted by Gasteiger charge is -2.15. The molecule has 0 bridgehead atoms. The lowest BCUT2D eigenvalue weighted by Crippen LogP contribution is -2.36. The fraction of sp³-hybridized carbons (Fsp3) is 0.194. The molecular formula is C31H27F3N2O3S. The van der Waals surface area contributed by atoms with Gasteiger partial charge in [0.25, 0.3) is 0 Å². The first-order valence-electron chi connectivity index (χ1n) is 12.7. The number of ketones is 1. The van der Waals surface area contributed by atoms with E-state index in [4.69, 9.17) is 12.2 Å². The predicted octanol–water partition coefficient (Wildman–Crippen LogP) is 7.24. The van der Waals surface area contributed by atoms with Gasteiger partial charge in [0.15, 0.2) is 10.8 Å². The highest BCUT2D eigenvalue weighted by atomic mass is 32.1. The molecule has 0 spiro atoms. The van der Waals surface area contributed by atoms with Crippen LogP contribution in [0.2, 0.25) is 0 Å². The summed E-state index contributed by atoms with van der Waals surface area (Å²) >= 11 is 4.90. The third kappa shape index (κ3) is 6.66. The highest BCUT2D eigenvalue weighted by Crippen LogP contribution is 2.36. The minimum Gasteiger partial charge on any atom is -0.499 e. The van der Waals surface area contributed by atoms with Crippen LogP contribution in [0.3, 0.4) is 0 Å². The van der Waals surface area contributed by atoms with Gasteiger partial charge in [-0.25, -0.2) is 4.79 Å². The van der Waals surface area contributed by atoms with E-state index >= 15 is 0 Å². The Morgan fingerprint density at radius 2 is 1.60 bits per heavy atom. The number of benzene rings is 4. The van der Waals surface area contributed by atoms with Crippen molar-refractivity contribution in [2.24, 2.45) is 0 Å². The molecule has 0 aromatic heterocycles. The van der Waals surface area contributed by atoms with Crippen LogP contribution in [0.4, 0.5) is 18.0 Å². The van der Waals surface area contributed by atoms with Gasteiger partial charge in [0.1, 0.15) is 0 Å². The van der Waals surface area contributed by atoms with Gasteiger partial charge in [-0.1, -0.05) is 49.4 Å². The van der Waals surface area contributed by atoms with Gasteiger partial charge in [-0.15, -0.1) is 0 Å². The second-order valence-corrected chi connectivity index (χ2v) is 9.65. The van der Waals surface area contributed by atoms with Crippen molar-refractivity contribution in [2.45, 2.75) is 25.9 Å². The molecule has 0 fully saturated rings. The Morgan fingerprint density at radius 3 is 2.27 bits per heavy atom. The van der Waals surface area contributed by atoms with Gasteiger partial charge in [0.05, 0.1) is 5.56 Å². The number of urea groups is 1. The maximum Gasteiger partial charge on any atom is 0.416 e. The summed E-state index contributed by atoms with van der Waals surface area (Å²) in [5.74, 6) is -0.174. The smallest absolute Gasteiger partial charge is 0.416 e. The van der Waals surface area contributed by atoms with Gasteiger partial charge >= 0.3 is 12.2 Å². The van der Waals surface area contributed by atoms with Gasteiger partial charge in [-0.2, -0.15) is 13.2 Å².